The molecular weight excluding hydrogens is 250 g/mol. The Hall–Kier alpha value is -2.43. The van der Waals surface area contributed by atoms with Gasteiger partial charge in [0.2, 0.25) is 0 Å². The van der Waals surface area contributed by atoms with Gasteiger partial charge in [0, 0.05) is 37.2 Å². The minimum absolute atomic E-state index is 0.246. The zero-order valence-electron chi connectivity index (χ0n) is 11.9. The number of aromatic nitrogens is 5. The van der Waals surface area contributed by atoms with Crippen LogP contribution in [-0.2, 0) is 7.05 Å². The van der Waals surface area contributed by atoms with Crippen LogP contribution in [0.15, 0.2) is 42.9 Å². The van der Waals surface area contributed by atoms with Gasteiger partial charge in [0.05, 0.1) is 0 Å². The van der Waals surface area contributed by atoms with Crippen LogP contribution in [-0.4, -0.2) is 24.3 Å². The molecule has 3 aromatic rings. The predicted octanol–water partition coefficient (Wildman–Crippen LogP) is 2.93. The second kappa shape index (κ2) is 4.92. The Balaban J connectivity index is 2.12. The lowest BCUT2D eigenvalue weighted by atomic mass is 10.3. The maximum Gasteiger partial charge on any atom is 0.200 e. The van der Waals surface area contributed by atoms with Crippen molar-refractivity contribution in [2.45, 2.75) is 19.9 Å². The van der Waals surface area contributed by atoms with E-state index in [0.29, 0.717) is 5.82 Å². The SMILES string of the molecule is CC(C)n1nc(-c2ccccn2)nc1-c1ccn(C)c1. The molecule has 0 saturated heterocycles. The maximum absolute atomic E-state index is 4.66. The standard InChI is InChI=1S/C15H17N5/c1-11(2)20-15(12-7-9-19(3)10-12)17-14(18-20)13-6-4-5-8-16-13/h4-11H,1-3H3. The summed E-state index contributed by atoms with van der Waals surface area (Å²) in [4.78, 5) is 8.98. The van der Waals surface area contributed by atoms with Crippen LogP contribution < -0.4 is 0 Å². The first kappa shape index (κ1) is 12.6. The minimum atomic E-state index is 0.246. The minimum Gasteiger partial charge on any atom is -0.357 e. The van der Waals surface area contributed by atoms with E-state index in [2.05, 4.69) is 28.9 Å². The van der Waals surface area contributed by atoms with E-state index in [1.54, 1.807) is 6.20 Å². The Bertz CT molecular complexity index is 709. The van der Waals surface area contributed by atoms with E-state index in [1.165, 1.54) is 0 Å². The van der Waals surface area contributed by atoms with Crippen molar-refractivity contribution in [3.63, 3.8) is 0 Å². The average Bonchev–Trinajstić information content (AvgIpc) is 3.05. The van der Waals surface area contributed by atoms with E-state index in [9.17, 15) is 0 Å². The summed E-state index contributed by atoms with van der Waals surface area (Å²) in [5.41, 5.74) is 1.86. The van der Waals surface area contributed by atoms with Gasteiger partial charge in [0.15, 0.2) is 11.6 Å². The fraction of sp³-hybridized carbons (Fsp3) is 0.267. The molecule has 0 aromatic carbocycles. The second-order valence-corrected chi connectivity index (χ2v) is 5.08. The van der Waals surface area contributed by atoms with Crippen LogP contribution in [0.5, 0.6) is 0 Å². The number of aryl methyl sites for hydroxylation is 1. The quantitative estimate of drug-likeness (QED) is 0.733. The number of nitrogens with zero attached hydrogens (tertiary/aromatic N) is 5. The first-order valence-electron chi connectivity index (χ1n) is 6.65. The molecule has 0 aliphatic heterocycles. The Morgan fingerprint density at radius 1 is 1.15 bits per heavy atom. The number of pyridine rings is 1. The van der Waals surface area contributed by atoms with Gasteiger partial charge < -0.3 is 4.57 Å². The maximum atomic E-state index is 4.66. The van der Waals surface area contributed by atoms with Crippen LogP contribution in [0.3, 0.4) is 0 Å². The molecule has 0 radical (unpaired) electrons. The van der Waals surface area contributed by atoms with E-state index < -0.39 is 0 Å². The lowest BCUT2D eigenvalue weighted by molar-refractivity contribution is 0.538. The molecule has 0 saturated carbocycles. The lowest BCUT2D eigenvalue weighted by Gasteiger charge is -2.07. The molecule has 102 valence electrons. The Morgan fingerprint density at radius 2 is 2.00 bits per heavy atom. The van der Waals surface area contributed by atoms with Crippen LogP contribution >= 0.6 is 0 Å². The molecule has 0 atom stereocenters. The molecule has 5 heteroatoms. The topological polar surface area (TPSA) is 48.5 Å². The molecule has 5 nitrogen and oxygen atoms in total. The lowest BCUT2D eigenvalue weighted by Crippen LogP contribution is -2.05. The molecule has 0 spiro atoms. The third-order valence-corrected chi connectivity index (χ3v) is 3.10. The Morgan fingerprint density at radius 3 is 2.60 bits per heavy atom. The first-order chi connectivity index (χ1) is 9.65. The fourth-order valence-electron chi connectivity index (χ4n) is 2.12. The molecule has 0 bridgehead atoms. The normalized spacial score (nSPS) is 11.2. The van der Waals surface area contributed by atoms with Gasteiger partial charge in [0.1, 0.15) is 5.69 Å². The van der Waals surface area contributed by atoms with Crippen molar-refractivity contribution in [1.82, 2.24) is 24.3 Å². The van der Waals surface area contributed by atoms with Crippen molar-refractivity contribution >= 4 is 0 Å². The molecule has 0 N–H and O–H groups in total. The molecule has 3 aromatic heterocycles. The highest BCUT2D eigenvalue weighted by atomic mass is 15.4. The summed E-state index contributed by atoms with van der Waals surface area (Å²) in [7, 11) is 2.00. The van der Waals surface area contributed by atoms with E-state index in [-0.39, 0.29) is 6.04 Å². The summed E-state index contributed by atoms with van der Waals surface area (Å²) in [6.45, 7) is 4.20. The van der Waals surface area contributed by atoms with Gasteiger partial charge in [-0.25, -0.2) is 9.67 Å². The van der Waals surface area contributed by atoms with E-state index in [1.807, 2.05) is 53.0 Å². The highest BCUT2D eigenvalue weighted by Crippen LogP contribution is 2.24. The van der Waals surface area contributed by atoms with E-state index in [4.69, 9.17) is 0 Å². The highest BCUT2D eigenvalue weighted by Gasteiger charge is 2.16. The van der Waals surface area contributed by atoms with Crippen LogP contribution in [0.2, 0.25) is 0 Å². The summed E-state index contributed by atoms with van der Waals surface area (Å²) < 4.78 is 3.95. The zero-order chi connectivity index (χ0) is 14.1. The molecule has 0 aliphatic rings. The van der Waals surface area contributed by atoms with E-state index in [0.717, 1.165) is 17.1 Å². The summed E-state index contributed by atoms with van der Waals surface area (Å²) in [6, 6.07) is 8.05. The second-order valence-electron chi connectivity index (χ2n) is 5.08. The third kappa shape index (κ3) is 2.22. The van der Waals surface area contributed by atoms with Gasteiger partial charge in [-0.2, -0.15) is 0 Å². The highest BCUT2D eigenvalue weighted by molar-refractivity contribution is 5.59. The molecule has 20 heavy (non-hydrogen) atoms. The van der Waals surface area contributed by atoms with Gasteiger partial charge >= 0.3 is 0 Å². The van der Waals surface area contributed by atoms with Gasteiger partial charge in [0.25, 0.3) is 0 Å². The molecule has 0 aliphatic carbocycles. The van der Waals surface area contributed by atoms with Crippen LogP contribution in [0.25, 0.3) is 22.9 Å². The number of hydrogen-bond acceptors (Lipinski definition) is 3. The van der Waals surface area contributed by atoms with Crippen molar-refractivity contribution in [2.24, 2.45) is 7.05 Å². The van der Waals surface area contributed by atoms with Crippen molar-refractivity contribution in [2.75, 3.05) is 0 Å². The Labute approximate surface area is 117 Å². The van der Waals surface area contributed by atoms with Crippen molar-refractivity contribution < 1.29 is 0 Å². The van der Waals surface area contributed by atoms with E-state index >= 15 is 0 Å². The predicted molar refractivity (Wildman–Crippen MR) is 78.0 cm³/mol. The zero-order valence-corrected chi connectivity index (χ0v) is 11.9. The summed E-state index contributed by atoms with van der Waals surface area (Å²) in [6.07, 6.45) is 5.81. The van der Waals surface area contributed by atoms with Crippen LogP contribution in [0.1, 0.15) is 19.9 Å². The molecule has 3 heterocycles. The van der Waals surface area contributed by atoms with Crippen molar-refractivity contribution in [1.29, 1.82) is 0 Å². The summed E-state index contributed by atoms with van der Waals surface area (Å²) >= 11 is 0. The molecule has 0 fully saturated rings. The largest absolute Gasteiger partial charge is 0.357 e. The molecule has 3 rings (SSSR count). The molecular formula is C15H17N5. The van der Waals surface area contributed by atoms with Crippen molar-refractivity contribution in [3.05, 3.63) is 42.9 Å². The summed E-state index contributed by atoms with van der Waals surface area (Å²) in [5.74, 6) is 1.54. The third-order valence-electron chi connectivity index (χ3n) is 3.10. The average molecular weight is 267 g/mol. The van der Waals surface area contributed by atoms with Gasteiger partial charge in [-0.3, -0.25) is 4.98 Å². The van der Waals surface area contributed by atoms with Gasteiger partial charge in [-0.05, 0) is 32.0 Å². The Kier molecular flexibility index (Phi) is 3.10. The molecule has 0 unspecified atom stereocenters. The number of hydrogen-bond donors (Lipinski definition) is 0. The van der Waals surface area contributed by atoms with Gasteiger partial charge in [-0.15, -0.1) is 5.10 Å². The van der Waals surface area contributed by atoms with Gasteiger partial charge in [-0.1, -0.05) is 6.07 Å². The van der Waals surface area contributed by atoms with Crippen molar-refractivity contribution in [3.8, 4) is 22.9 Å². The fourth-order valence-corrected chi connectivity index (χ4v) is 2.12. The first-order valence-corrected chi connectivity index (χ1v) is 6.65. The van der Waals surface area contributed by atoms with Crippen LogP contribution in [0, 0.1) is 0 Å². The number of rotatable bonds is 3. The summed E-state index contributed by atoms with van der Waals surface area (Å²) in [5, 5.41) is 4.60. The molecule has 0 amide bonds. The smallest absolute Gasteiger partial charge is 0.200 e. The monoisotopic (exact) mass is 267 g/mol. The van der Waals surface area contributed by atoms with Crippen LogP contribution in [0.4, 0.5) is 0 Å².